The summed E-state index contributed by atoms with van der Waals surface area (Å²) < 4.78 is 14.8. The van der Waals surface area contributed by atoms with E-state index in [-0.39, 0.29) is 23.4 Å². The predicted octanol–water partition coefficient (Wildman–Crippen LogP) is 4.95. The molecule has 1 aliphatic rings. The van der Waals surface area contributed by atoms with Crippen LogP contribution in [0.1, 0.15) is 38.2 Å². The minimum Gasteiger partial charge on any atom is -0.393 e. The third kappa shape index (κ3) is 4.74. The molecule has 1 aromatic carbocycles. The molecular formula is C27H28FN5O2. The van der Waals surface area contributed by atoms with Crippen molar-refractivity contribution in [3.63, 3.8) is 0 Å². The van der Waals surface area contributed by atoms with Gasteiger partial charge in [0.05, 0.1) is 40.3 Å². The Bertz CT molecular complexity index is 1410. The quantitative estimate of drug-likeness (QED) is 0.380. The SMILES string of the molecule is CC(C)c1ccc(F)c(-c2cc(Nc3ccc(N4CCC(O)CC4)cn3)c3c(=O)[nH]ccc3n2)c1. The summed E-state index contributed by atoms with van der Waals surface area (Å²) >= 11 is 0. The summed E-state index contributed by atoms with van der Waals surface area (Å²) in [5.74, 6) is 0.427. The van der Waals surface area contributed by atoms with Gasteiger partial charge in [-0.3, -0.25) is 4.79 Å². The molecule has 0 saturated carbocycles. The van der Waals surface area contributed by atoms with Crippen molar-refractivity contribution in [1.82, 2.24) is 15.0 Å². The minimum atomic E-state index is -0.369. The molecule has 0 radical (unpaired) electrons. The Balaban J connectivity index is 1.53. The molecule has 0 unspecified atom stereocenters. The number of H-pyrrole nitrogens is 1. The zero-order chi connectivity index (χ0) is 24.5. The molecule has 4 aromatic rings. The zero-order valence-corrected chi connectivity index (χ0v) is 19.8. The fourth-order valence-corrected chi connectivity index (χ4v) is 4.44. The Hall–Kier alpha value is -3.78. The summed E-state index contributed by atoms with van der Waals surface area (Å²) in [6.07, 6.45) is 4.56. The van der Waals surface area contributed by atoms with Gasteiger partial charge in [-0.25, -0.2) is 14.4 Å². The third-order valence-corrected chi connectivity index (χ3v) is 6.50. The number of pyridine rings is 3. The smallest absolute Gasteiger partial charge is 0.259 e. The van der Waals surface area contributed by atoms with Crippen LogP contribution in [-0.2, 0) is 0 Å². The molecule has 7 nitrogen and oxygen atoms in total. The molecule has 4 heterocycles. The third-order valence-electron chi connectivity index (χ3n) is 6.50. The van der Waals surface area contributed by atoms with Crippen molar-refractivity contribution >= 4 is 28.1 Å². The maximum absolute atomic E-state index is 14.8. The van der Waals surface area contributed by atoms with Gasteiger partial charge in [0.25, 0.3) is 5.56 Å². The molecule has 3 aromatic heterocycles. The van der Waals surface area contributed by atoms with E-state index in [1.165, 1.54) is 12.3 Å². The molecule has 0 amide bonds. The maximum Gasteiger partial charge on any atom is 0.259 e. The van der Waals surface area contributed by atoms with E-state index in [1.807, 2.05) is 18.2 Å². The van der Waals surface area contributed by atoms with Crippen LogP contribution in [0.5, 0.6) is 0 Å². The van der Waals surface area contributed by atoms with Crippen LogP contribution < -0.4 is 15.8 Å². The van der Waals surface area contributed by atoms with Crippen molar-refractivity contribution in [1.29, 1.82) is 0 Å². The summed E-state index contributed by atoms with van der Waals surface area (Å²) in [6, 6.07) is 12.3. The van der Waals surface area contributed by atoms with Gasteiger partial charge in [-0.05, 0) is 60.7 Å². The molecule has 0 spiro atoms. The van der Waals surface area contributed by atoms with Crippen LogP contribution in [0.3, 0.4) is 0 Å². The summed E-state index contributed by atoms with van der Waals surface area (Å²) in [4.78, 5) is 26.7. The van der Waals surface area contributed by atoms with E-state index in [4.69, 9.17) is 0 Å². The fourth-order valence-electron chi connectivity index (χ4n) is 4.44. The van der Waals surface area contributed by atoms with Crippen molar-refractivity contribution in [3.8, 4) is 11.3 Å². The minimum absolute atomic E-state index is 0.237. The number of aromatic amines is 1. The number of anilines is 3. The van der Waals surface area contributed by atoms with Crippen molar-refractivity contribution in [3.05, 3.63) is 76.6 Å². The number of aliphatic hydroxyl groups excluding tert-OH is 1. The number of aliphatic hydroxyl groups is 1. The normalized spacial score (nSPS) is 14.6. The van der Waals surface area contributed by atoms with Gasteiger partial charge in [0.1, 0.15) is 11.6 Å². The average molecular weight is 474 g/mol. The molecule has 1 aliphatic heterocycles. The fraction of sp³-hybridized carbons (Fsp3) is 0.296. The van der Waals surface area contributed by atoms with E-state index in [9.17, 15) is 14.3 Å². The Labute approximate surface area is 202 Å². The first-order valence-corrected chi connectivity index (χ1v) is 11.9. The largest absolute Gasteiger partial charge is 0.393 e. The highest BCUT2D eigenvalue weighted by atomic mass is 19.1. The van der Waals surface area contributed by atoms with E-state index < -0.39 is 0 Å². The summed E-state index contributed by atoms with van der Waals surface area (Å²) in [6.45, 7) is 5.67. The molecular weight excluding hydrogens is 445 g/mol. The number of rotatable bonds is 5. The average Bonchev–Trinajstić information content (AvgIpc) is 2.85. The highest BCUT2D eigenvalue weighted by Gasteiger charge is 2.18. The molecule has 1 saturated heterocycles. The van der Waals surface area contributed by atoms with E-state index in [1.54, 1.807) is 24.4 Å². The lowest BCUT2D eigenvalue weighted by Crippen LogP contribution is -2.35. The van der Waals surface area contributed by atoms with Gasteiger partial charge < -0.3 is 20.3 Å². The standard InChI is InChI=1S/C27H28FN5O2/c1-16(2)17-3-5-21(28)20(13-17)23-14-24(26-22(31-23)7-10-29-27(26)35)32-25-6-4-18(15-30-25)33-11-8-19(34)9-12-33/h3-7,10,13-16,19,34H,8-9,11-12H2,1-2H3,(H,29,35)(H,30,31,32). The molecule has 1 fully saturated rings. The van der Waals surface area contributed by atoms with Crippen LogP contribution in [0.15, 0.2) is 59.7 Å². The number of hydrogen-bond acceptors (Lipinski definition) is 6. The molecule has 5 rings (SSSR count). The summed E-state index contributed by atoms with van der Waals surface area (Å²) in [7, 11) is 0. The lowest BCUT2D eigenvalue weighted by Gasteiger charge is -2.31. The lowest BCUT2D eigenvalue weighted by atomic mass is 9.98. The second-order valence-electron chi connectivity index (χ2n) is 9.26. The predicted molar refractivity (Wildman–Crippen MR) is 137 cm³/mol. The van der Waals surface area contributed by atoms with Crippen molar-refractivity contribution in [2.24, 2.45) is 0 Å². The van der Waals surface area contributed by atoms with Gasteiger partial charge in [0.2, 0.25) is 0 Å². The van der Waals surface area contributed by atoms with Crippen LogP contribution in [0, 0.1) is 5.82 Å². The number of hydrogen-bond donors (Lipinski definition) is 3. The molecule has 3 N–H and O–H groups in total. The van der Waals surface area contributed by atoms with Crippen LogP contribution in [-0.4, -0.2) is 39.3 Å². The van der Waals surface area contributed by atoms with E-state index in [0.29, 0.717) is 33.7 Å². The first-order valence-electron chi connectivity index (χ1n) is 11.9. The monoisotopic (exact) mass is 473 g/mol. The van der Waals surface area contributed by atoms with Crippen molar-refractivity contribution in [2.75, 3.05) is 23.3 Å². The van der Waals surface area contributed by atoms with Gasteiger partial charge in [-0.15, -0.1) is 0 Å². The number of fused-ring (bicyclic) bond motifs is 1. The molecule has 35 heavy (non-hydrogen) atoms. The Kier molecular flexibility index (Phi) is 6.21. The van der Waals surface area contributed by atoms with E-state index in [2.05, 4.69) is 39.0 Å². The first-order chi connectivity index (χ1) is 16.9. The second-order valence-corrected chi connectivity index (χ2v) is 9.26. The van der Waals surface area contributed by atoms with E-state index in [0.717, 1.165) is 37.2 Å². The van der Waals surface area contributed by atoms with Crippen LogP contribution in [0.4, 0.5) is 21.6 Å². The number of nitrogens with zero attached hydrogens (tertiary/aromatic N) is 3. The van der Waals surface area contributed by atoms with Gasteiger partial charge in [-0.2, -0.15) is 0 Å². The number of piperidine rings is 1. The van der Waals surface area contributed by atoms with E-state index >= 15 is 0 Å². The Morgan fingerprint density at radius 3 is 2.66 bits per heavy atom. The molecule has 0 atom stereocenters. The highest BCUT2D eigenvalue weighted by molar-refractivity contribution is 5.94. The van der Waals surface area contributed by atoms with Crippen molar-refractivity contribution < 1.29 is 9.50 Å². The van der Waals surface area contributed by atoms with Crippen LogP contribution in [0.25, 0.3) is 22.2 Å². The number of halogens is 1. The molecule has 8 heteroatoms. The van der Waals surface area contributed by atoms with Gasteiger partial charge in [0.15, 0.2) is 0 Å². The topological polar surface area (TPSA) is 94.1 Å². The second kappa shape index (κ2) is 9.46. The lowest BCUT2D eigenvalue weighted by molar-refractivity contribution is 0.145. The van der Waals surface area contributed by atoms with Gasteiger partial charge in [0, 0.05) is 24.8 Å². The van der Waals surface area contributed by atoms with Crippen molar-refractivity contribution in [2.45, 2.75) is 38.7 Å². The molecule has 180 valence electrons. The first kappa shape index (κ1) is 23.0. The zero-order valence-electron chi connectivity index (χ0n) is 19.8. The van der Waals surface area contributed by atoms with Gasteiger partial charge in [-0.1, -0.05) is 19.9 Å². The maximum atomic E-state index is 14.8. The molecule has 0 aliphatic carbocycles. The number of nitrogens with one attached hydrogen (secondary N) is 2. The van der Waals surface area contributed by atoms with Gasteiger partial charge >= 0.3 is 0 Å². The highest BCUT2D eigenvalue weighted by Crippen LogP contribution is 2.32. The Morgan fingerprint density at radius 2 is 1.94 bits per heavy atom. The summed E-state index contributed by atoms with van der Waals surface area (Å²) in [5, 5.41) is 13.4. The number of aromatic nitrogens is 3. The Morgan fingerprint density at radius 1 is 1.14 bits per heavy atom. The summed E-state index contributed by atoms with van der Waals surface area (Å²) in [5.41, 5.74) is 3.49. The van der Waals surface area contributed by atoms with Crippen LogP contribution in [0.2, 0.25) is 0 Å². The van der Waals surface area contributed by atoms with Crippen LogP contribution >= 0.6 is 0 Å². The molecule has 0 bridgehead atoms. The number of benzene rings is 1.